The van der Waals surface area contributed by atoms with E-state index in [0.717, 1.165) is 28.5 Å². The van der Waals surface area contributed by atoms with Crippen LogP contribution in [0.15, 0.2) is 152 Å². The molecule has 2 nitrogen and oxygen atoms in total. The van der Waals surface area contributed by atoms with Crippen LogP contribution in [-0.2, 0) is 12.8 Å². The Morgan fingerprint density at radius 1 is 0.513 bits per heavy atom. The van der Waals surface area contributed by atoms with Gasteiger partial charge in [0, 0.05) is 5.39 Å². The summed E-state index contributed by atoms with van der Waals surface area (Å²) in [5.74, 6) is 0.853. The van der Waals surface area contributed by atoms with Crippen LogP contribution in [0.25, 0.3) is 10.9 Å². The Morgan fingerprint density at radius 3 is 1.59 bits per heavy atom. The van der Waals surface area contributed by atoms with Gasteiger partial charge in [-0.1, -0.05) is 91.0 Å². The van der Waals surface area contributed by atoms with Crippen LogP contribution >= 0.6 is 7.26 Å². The predicted molar refractivity (Wildman–Crippen MR) is 161 cm³/mol. The Balaban J connectivity index is 0.00000308. The molecule has 5 aromatic carbocycles. The van der Waals surface area contributed by atoms with E-state index < -0.39 is 7.26 Å². The van der Waals surface area contributed by atoms with Crippen molar-refractivity contribution in [2.24, 2.45) is 0 Å². The summed E-state index contributed by atoms with van der Waals surface area (Å²) in [7, 11) is -1.93. The van der Waals surface area contributed by atoms with Gasteiger partial charge in [0.2, 0.25) is 0 Å². The predicted octanol–water partition coefficient (Wildman–Crippen LogP) is 4.31. The fourth-order valence-corrected chi connectivity index (χ4v) is 9.32. The van der Waals surface area contributed by atoms with Crippen LogP contribution in [0.4, 0.5) is 0 Å². The molecule has 6 aromatic rings. The molecule has 0 saturated carbocycles. The molecule has 0 unspecified atom stereocenters. The number of fused-ring (bicyclic) bond motifs is 1. The lowest BCUT2D eigenvalue weighted by Crippen LogP contribution is -3.00. The molecule has 0 aliphatic heterocycles. The molecule has 0 saturated heterocycles. The van der Waals surface area contributed by atoms with Crippen LogP contribution < -0.4 is 33.1 Å². The molecule has 0 spiro atoms. The second-order valence-electron chi connectivity index (χ2n) is 9.40. The van der Waals surface area contributed by atoms with Crippen molar-refractivity contribution in [2.75, 3.05) is 0 Å². The minimum absolute atomic E-state index is 0. The lowest BCUT2D eigenvalue weighted by atomic mass is 10.2. The van der Waals surface area contributed by atoms with Gasteiger partial charge in [-0.15, -0.1) is 0 Å². The van der Waals surface area contributed by atoms with Crippen molar-refractivity contribution >= 4 is 34.1 Å². The van der Waals surface area contributed by atoms with E-state index in [0.29, 0.717) is 6.61 Å². The smallest absolute Gasteiger partial charge is 0.130 e. The van der Waals surface area contributed by atoms with Crippen molar-refractivity contribution in [3.05, 3.63) is 163 Å². The van der Waals surface area contributed by atoms with Gasteiger partial charge in [0.1, 0.15) is 35.5 Å². The molecule has 0 aliphatic rings. The normalized spacial score (nSPS) is 11.1. The zero-order valence-electron chi connectivity index (χ0n) is 21.5. The molecule has 1 heterocycles. The Labute approximate surface area is 237 Å². The van der Waals surface area contributed by atoms with Crippen molar-refractivity contribution in [3.63, 3.8) is 0 Å². The Bertz CT molecular complexity index is 1530. The molecule has 0 fully saturated rings. The first kappa shape index (κ1) is 26.6. The summed E-state index contributed by atoms with van der Waals surface area (Å²) in [5, 5.41) is 5.31. The van der Waals surface area contributed by atoms with Crippen LogP contribution in [0.1, 0.15) is 11.3 Å². The summed E-state index contributed by atoms with van der Waals surface area (Å²) in [6.07, 6.45) is 0.942. The van der Waals surface area contributed by atoms with E-state index in [9.17, 15) is 0 Å². The molecular formula is C35H29ClNOP. The number of aromatic nitrogens is 1. The zero-order valence-corrected chi connectivity index (χ0v) is 23.2. The number of rotatable bonds is 8. The van der Waals surface area contributed by atoms with Crippen molar-refractivity contribution in [3.8, 4) is 5.75 Å². The first-order valence-corrected chi connectivity index (χ1v) is 14.9. The summed E-state index contributed by atoms with van der Waals surface area (Å²) in [6.45, 7) is 0.444. The van der Waals surface area contributed by atoms with E-state index in [2.05, 4.69) is 127 Å². The molecule has 0 radical (unpaired) electrons. The Morgan fingerprint density at radius 2 is 1.03 bits per heavy atom. The maximum Gasteiger partial charge on any atom is 0.130 e. The number of pyridine rings is 1. The third kappa shape index (κ3) is 5.73. The minimum atomic E-state index is -1.93. The molecule has 4 heteroatoms. The fourth-order valence-electron chi connectivity index (χ4n) is 5.08. The maximum atomic E-state index is 6.13. The molecular weight excluding hydrogens is 517 g/mol. The van der Waals surface area contributed by atoms with E-state index >= 15 is 0 Å². The Hall–Kier alpha value is -3.97. The van der Waals surface area contributed by atoms with Crippen LogP contribution in [0.3, 0.4) is 0 Å². The molecule has 1 aromatic heterocycles. The number of hydrogen-bond donors (Lipinski definition) is 0. The average Bonchev–Trinajstić information content (AvgIpc) is 3.01. The van der Waals surface area contributed by atoms with Gasteiger partial charge in [-0.05, 0) is 66.2 Å². The van der Waals surface area contributed by atoms with E-state index in [1.54, 1.807) is 0 Å². The SMILES string of the molecule is [Cl-].c1ccc([P+](Cc2ccc(OCc3ccc4ccccc4n3)cc2)(c2ccccc2)c2ccccc2)cc1. The average molecular weight is 546 g/mol. The van der Waals surface area contributed by atoms with Gasteiger partial charge in [-0.25, -0.2) is 4.98 Å². The number of halogens is 1. The third-order valence-electron chi connectivity index (χ3n) is 6.98. The molecule has 0 N–H and O–H groups in total. The number of hydrogen-bond acceptors (Lipinski definition) is 2. The molecule has 39 heavy (non-hydrogen) atoms. The number of nitrogens with zero attached hydrogens (tertiary/aromatic N) is 1. The number of benzene rings is 5. The van der Waals surface area contributed by atoms with Gasteiger partial charge in [0.15, 0.2) is 0 Å². The molecule has 0 bridgehead atoms. The van der Waals surface area contributed by atoms with Crippen molar-refractivity contribution in [1.29, 1.82) is 0 Å². The quantitative estimate of drug-likeness (QED) is 0.266. The topological polar surface area (TPSA) is 22.1 Å². The zero-order chi connectivity index (χ0) is 25.6. The number of ether oxygens (including phenoxy) is 1. The Kier molecular flexibility index (Phi) is 8.37. The van der Waals surface area contributed by atoms with Gasteiger partial charge < -0.3 is 17.1 Å². The monoisotopic (exact) mass is 545 g/mol. The highest BCUT2D eigenvalue weighted by Crippen LogP contribution is 2.58. The molecule has 0 atom stereocenters. The van der Waals surface area contributed by atoms with Crippen molar-refractivity contribution < 1.29 is 17.1 Å². The van der Waals surface area contributed by atoms with Crippen molar-refractivity contribution in [2.45, 2.75) is 12.8 Å². The lowest BCUT2D eigenvalue weighted by molar-refractivity contribution is -0.00000775. The second-order valence-corrected chi connectivity index (χ2v) is 12.9. The van der Waals surface area contributed by atoms with E-state index in [1.807, 2.05) is 24.3 Å². The first-order chi connectivity index (χ1) is 18.8. The van der Waals surface area contributed by atoms with Gasteiger partial charge in [0.05, 0.1) is 17.4 Å². The summed E-state index contributed by atoms with van der Waals surface area (Å²) in [5.41, 5.74) is 3.22. The largest absolute Gasteiger partial charge is 1.00 e. The van der Waals surface area contributed by atoms with Gasteiger partial charge >= 0.3 is 0 Å². The summed E-state index contributed by atoms with van der Waals surface area (Å²) in [6, 6.07) is 53.9. The van der Waals surface area contributed by atoms with Crippen LogP contribution in [0.2, 0.25) is 0 Å². The van der Waals surface area contributed by atoms with E-state index in [-0.39, 0.29) is 12.4 Å². The van der Waals surface area contributed by atoms with E-state index in [4.69, 9.17) is 9.72 Å². The standard InChI is InChI=1S/C35H29NOP.ClH/c1-4-13-32(14-5-1)38(33-15-6-2-7-16-33,34-17-8-3-9-18-34)27-28-20-24-31(25-21-28)37-26-30-23-22-29-12-10-11-19-35(29)36-30;/h1-25H,26-27H2;1H/q+1;/p-1. The summed E-state index contributed by atoms with van der Waals surface area (Å²) in [4.78, 5) is 4.74. The molecule has 192 valence electrons. The lowest BCUT2D eigenvalue weighted by Gasteiger charge is -2.28. The van der Waals surface area contributed by atoms with Gasteiger partial charge in [0.25, 0.3) is 0 Å². The second kappa shape index (κ2) is 12.3. The molecule has 0 aliphatic carbocycles. The first-order valence-electron chi connectivity index (χ1n) is 12.9. The third-order valence-corrected chi connectivity index (χ3v) is 11.4. The van der Waals surface area contributed by atoms with E-state index in [1.165, 1.54) is 21.5 Å². The van der Waals surface area contributed by atoms with Crippen LogP contribution in [-0.4, -0.2) is 4.98 Å². The molecule has 6 rings (SSSR count). The summed E-state index contributed by atoms with van der Waals surface area (Å²) >= 11 is 0. The maximum absolute atomic E-state index is 6.13. The van der Waals surface area contributed by atoms with Gasteiger partial charge in [-0.3, -0.25) is 0 Å². The highest BCUT2D eigenvalue weighted by Gasteiger charge is 2.45. The van der Waals surface area contributed by atoms with Crippen LogP contribution in [0, 0.1) is 0 Å². The highest BCUT2D eigenvalue weighted by molar-refractivity contribution is 7.95. The highest BCUT2D eigenvalue weighted by atomic mass is 35.5. The van der Waals surface area contributed by atoms with Crippen molar-refractivity contribution in [1.82, 2.24) is 4.98 Å². The fraction of sp³-hybridized carbons (Fsp3) is 0.0571. The van der Waals surface area contributed by atoms with Crippen LogP contribution in [0.5, 0.6) is 5.75 Å². The number of para-hydroxylation sites is 1. The molecule has 0 amide bonds. The summed E-state index contributed by atoms with van der Waals surface area (Å²) < 4.78 is 6.13. The minimum Gasteiger partial charge on any atom is -1.00 e. The van der Waals surface area contributed by atoms with Gasteiger partial charge in [-0.2, -0.15) is 0 Å².